The molecule has 0 aromatic carbocycles. The minimum Gasteiger partial charge on any atom is -0.393 e. The second-order valence-electron chi connectivity index (χ2n) is 5.63. The summed E-state index contributed by atoms with van der Waals surface area (Å²) >= 11 is 0. The molecule has 2 aromatic rings. The Morgan fingerprint density at radius 2 is 1.95 bits per heavy atom. The largest absolute Gasteiger partial charge is 0.393 e. The van der Waals surface area contributed by atoms with E-state index in [4.69, 9.17) is 4.98 Å². The highest BCUT2D eigenvalue weighted by Crippen LogP contribution is 2.26. The van der Waals surface area contributed by atoms with Gasteiger partial charge in [0.05, 0.1) is 17.5 Å². The second-order valence-corrected chi connectivity index (χ2v) is 5.63. The summed E-state index contributed by atoms with van der Waals surface area (Å²) in [5.41, 5.74) is 4.08. The summed E-state index contributed by atoms with van der Waals surface area (Å²) in [5, 5.41) is 14.1. The van der Waals surface area contributed by atoms with Crippen molar-refractivity contribution in [2.75, 3.05) is 18.0 Å². The molecular formula is C15H21N5O. The minimum atomic E-state index is -0.188. The van der Waals surface area contributed by atoms with Crippen molar-refractivity contribution in [1.29, 1.82) is 0 Å². The summed E-state index contributed by atoms with van der Waals surface area (Å²) < 4.78 is 1.88. The smallest absolute Gasteiger partial charge is 0.225 e. The average molecular weight is 287 g/mol. The number of piperidine rings is 1. The standard InChI is InChI=1S/C15H21N5O/c1-10-14(11(2)19(3)18-10)13-4-7-16-15(17-13)20-8-5-12(21)6-9-20/h4,7,12,21H,5-6,8-9H2,1-3H3. The molecule has 3 heterocycles. The van der Waals surface area contributed by atoms with Crippen LogP contribution in [0.3, 0.4) is 0 Å². The van der Waals surface area contributed by atoms with Crippen LogP contribution in [-0.2, 0) is 7.05 Å². The van der Waals surface area contributed by atoms with Crippen molar-refractivity contribution < 1.29 is 5.11 Å². The molecule has 3 rings (SSSR count). The van der Waals surface area contributed by atoms with E-state index in [-0.39, 0.29) is 6.10 Å². The highest BCUT2D eigenvalue weighted by atomic mass is 16.3. The van der Waals surface area contributed by atoms with Gasteiger partial charge in [0.2, 0.25) is 5.95 Å². The molecule has 1 aliphatic heterocycles. The molecule has 6 heteroatoms. The molecule has 0 atom stereocenters. The maximum absolute atomic E-state index is 9.60. The van der Waals surface area contributed by atoms with E-state index in [0.29, 0.717) is 0 Å². The van der Waals surface area contributed by atoms with E-state index < -0.39 is 0 Å². The predicted octanol–water partition coefficient (Wildman–Crippen LogP) is 1.46. The molecule has 0 spiro atoms. The second kappa shape index (κ2) is 5.44. The minimum absolute atomic E-state index is 0.188. The van der Waals surface area contributed by atoms with Gasteiger partial charge in [0.25, 0.3) is 0 Å². The number of aromatic nitrogens is 4. The van der Waals surface area contributed by atoms with Gasteiger partial charge in [0.1, 0.15) is 0 Å². The Morgan fingerprint density at radius 1 is 1.24 bits per heavy atom. The molecule has 0 unspecified atom stereocenters. The molecule has 2 aromatic heterocycles. The average Bonchev–Trinajstić information content (AvgIpc) is 2.73. The predicted molar refractivity (Wildman–Crippen MR) is 81.2 cm³/mol. The number of nitrogens with zero attached hydrogens (tertiary/aromatic N) is 5. The van der Waals surface area contributed by atoms with Crippen molar-refractivity contribution in [2.24, 2.45) is 7.05 Å². The number of rotatable bonds is 2. The topological polar surface area (TPSA) is 67.1 Å². The van der Waals surface area contributed by atoms with Crippen molar-refractivity contribution in [3.8, 4) is 11.3 Å². The molecule has 0 saturated carbocycles. The van der Waals surface area contributed by atoms with Gasteiger partial charge in [-0.15, -0.1) is 0 Å². The fourth-order valence-corrected chi connectivity index (χ4v) is 2.85. The SMILES string of the molecule is Cc1nn(C)c(C)c1-c1ccnc(N2CCC(O)CC2)n1. The van der Waals surface area contributed by atoms with E-state index in [9.17, 15) is 5.11 Å². The van der Waals surface area contributed by atoms with E-state index in [1.165, 1.54) is 0 Å². The van der Waals surface area contributed by atoms with Crippen LogP contribution in [-0.4, -0.2) is 44.0 Å². The molecule has 21 heavy (non-hydrogen) atoms. The van der Waals surface area contributed by atoms with Crippen LogP contribution in [0.5, 0.6) is 0 Å². The van der Waals surface area contributed by atoms with Crippen molar-refractivity contribution in [3.63, 3.8) is 0 Å². The van der Waals surface area contributed by atoms with E-state index >= 15 is 0 Å². The first kappa shape index (κ1) is 14.0. The molecule has 6 nitrogen and oxygen atoms in total. The van der Waals surface area contributed by atoms with Crippen molar-refractivity contribution in [3.05, 3.63) is 23.7 Å². The third-order valence-electron chi connectivity index (χ3n) is 4.16. The van der Waals surface area contributed by atoms with E-state index in [1.807, 2.05) is 31.6 Å². The lowest BCUT2D eigenvalue weighted by Crippen LogP contribution is -2.36. The summed E-state index contributed by atoms with van der Waals surface area (Å²) in [4.78, 5) is 11.2. The van der Waals surface area contributed by atoms with Crippen LogP contribution in [0.1, 0.15) is 24.2 Å². The number of aliphatic hydroxyl groups is 1. The lowest BCUT2D eigenvalue weighted by Gasteiger charge is -2.29. The zero-order valence-corrected chi connectivity index (χ0v) is 12.7. The quantitative estimate of drug-likeness (QED) is 0.905. The molecule has 1 aliphatic rings. The Hall–Kier alpha value is -1.95. The van der Waals surface area contributed by atoms with Gasteiger partial charge in [0.15, 0.2) is 0 Å². The first-order valence-corrected chi connectivity index (χ1v) is 7.33. The third kappa shape index (κ3) is 2.63. The normalized spacial score (nSPS) is 16.5. The van der Waals surface area contributed by atoms with Gasteiger partial charge in [0, 0.05) is 37.6 Å². The Morgan fingerprint density at radius 3 is 2.57 bits per heavy atom. The van der Waals surface area contributed by atoms with Gasteiger partial charge < -0.3 is 10.0 Å². The van der Waals surface area contributed by atoms with Crippen molar-refractivity contribution in [1.82, 2.24) is 19.7 Å². The van der Waals surface area contributed by atoms with Gasteiger partial charge in [-0.2, -0.15) is 5.10 Å². The maximum Gasteiger partial charge on any atom is 0.225 e. The summed E-state index contributed by atoms with van der Waals surface area (Å²) in [7, 11) is 1.94. The Kier molecular flexibility index (Phi) is 3.63. The number of aliphatic hydroxyl groups excluding tert-OH is 1. The molecule has 1 N–H and O–H groups in total. The Bertz CT molecular complexity index is 644. The fraction of sp³-hybridized carbons (Fsp3) is 0.533. The van der Waals surface area contributed by atoms with Gasteiger partial charge in [-0.25, -0.2) is 9.97 Å². The van der Waals surface area contributed by atoms with Crippen LogP contribution in [0.25, 0.3) is 11.3 Å². The third-order valence-corrected chi connectivity index (χ3v) is 4.16. The number of hydrogen-bond donors (Lipinski definition) is 1. The van der Waals surface area contributed by atoms with Gasteiger partial charge >= 0.3 is 0 Å². The first-order valence-electron chi connectivity index (χ1n) is 7.33. The molecule has 0 aliphatic carbocycles. The number of aryl methyl sites for hydroxylation is 2. The molecule has 1 saturated heterocycles. The Balaban J connectivity index is 1.93. The van der Waals surface area contributed by atoms with Crippen LogP contribution in [0, 0.1) is 13.8 Å². The van der Waals surface area contributed by atoms with E-state index in [2.05, 4.69) is 15.0 Å². The fourth-order valence-electron chi connectivity index (χ4n) is 2.85. The van der Waals surface area contributed by atoms with Crippen LogP contribution >= 0.6 is 0 Å². The zero-order chi connectivity index (χ0) is 15.0. The van der Waals surface area contributed by atoms with Crippen LogP contribution in [0.15, 0.2) is 12.3 Å². The molecule has 0 bridgehead atoms. The monoisotopic (exact) mass is 287 g/mol. The van der Waals surface area contributed by atoms with Crippen molar-refractivity contribution >= 4 is 5.95 Å². The van der Waals surface area contributed by atoms with Crippen molar-refractivity contribution in [2.45, 2.75) is 32.8 Å². The van der Waals surface area contributed by atoms with E-state index in [0.717, 1.165) is 54.5 Å². The molecule has 112 valence electrons. The number of anilines is 1. The van der Waals surface area contributed by atoms with Crippen LogP contribution in [0.4, 0.5) is 5.95 Å². The van der Waals surface area contributed by atoms with Gasteiger partial charge in [-0.05, 0) is 32.8 Å². The summed E-state index contributed by atoms with van der Waals surface area (Å²) in [6.45, 7) is 5.65. The van der Waals surface area contributed by atoms with E-state index in [1.54, 1.807) is 6.20 Å². The highest BCUT2D eigenvalue weighted by Gasteiger charge is 2.20. The van der Waals surface area contributed by atoms with Crippen LogP contribution < -0.4 is 4.90 Å². The maximum atomic E-state index is 9.60. The molecular weight excluding hydrogens is 266 g/mol. The molecule has 1 fully saturated rings. The van der Waals surface area contributed by atoms with Gasteiger partial charge in [-0.1, -0.05) is 0 Å². The molecule has 0 radical (unpaired) electrons. The Labute approximate surface area is 124 Å². The lowest BCUT2D eigenvalue weighted by molar-refractivity contribution is 0.145. The van der Waals surface area contributed by atoms with Crippen LogP contribution in [0.2, 0.25) is 0 Å². The summed E-state index contributed by atoms with van der Waals surface area (Å²) in [6.07, 6.45) is 3.17. The number of hydrogen-bond acceptors (Lipinski definition) is 5. The lowest BCUT2D eigenvalue weighted by atomic mass is 10.1. The molecule has 0 amide bonds. The highest BCUT2D eigenvalue weighted by molar-refractivity contribution is 5.65. The zero-order valence-electron chi connectivity index (χ0n) is 12.7. The van der Waals surface area contributed by atoms with Gasteiger partial charge in [-0.3, -0.25) is 4.68 Å². The summed E-state index contributed by atoms with van der Waals surface area (Å²) in [5.74, 6) is 0.738. The summed E-state index contributed by atoms with van der Waals surface area (Å²) in [6, 6.07) is 1.93. The first-order chi connectivity index (χ1) is 10.1.